The third-order valence-electron chi connectivity index (χ3n) is 4.61. The van der Waals surface area contributed by atoms with Crippen LogP contribution in [0.5, 0.6) is 0 Å². The van der Waals surface area contributed by atoms with Crippen LogP contribution in [0.3, 0.4) is 0 Å². The summed E-state index contributed by atoms with van der Waals surface area (Å²) in [4.78, 5) is 17.6. The van der Waals surface area contributed by atoms with E-state index in [1.807, 2.05) is 23.9 Å². The fraction of sp³-hybridized carbons (Fsp3) is 0.350. The number of benzene rings is 1. The molecule has 0 N–H and O–H groups in total. The summed E-state index contributed by atoms with van der Waals surface area (Å²) in [6, 6.07) is 6.34. The van der Waals surface area contributed by atoms with Crippen LogP contribution in [0, 0.1) is 0 Å². The van der Waals surface area contributed by atoms with Crippen LogP contribution >= 0.6 is 23.2 Å². The van der Waals surface area contributed by atoms with Crippen molar-refractivity contribution >= 4 is 46.7 Å². The highest BCUT2D eigenvalue weighted by Crippen LogP contribution is 2.25. The molecule has 0 spiro atoms. The molecule has 1 aliphatic carbocycles. The summed E-state index contributed by atoms with van der Waals surface area (Å²) in [6.07, 6.45) is 8.49. The Kier molecular flexibility index (Phi) is 6.28. The Hall–Kier alpha value is -1.49. The summed E-state index contributed by atoms with van der Waals surface area (Å²) in [5, 5.41) is 1.15. The van der Waals surface area contributed by atoms with Crippen LogP contribution in [0.25, 0.3) is 0 Å². The highest BCUT2D eigenvalue weighted by molar-refractivity contribution is 7.77. The molecule has 1 atom stereocenters. The summed E-state index contributed by atoms with van der Waals surface area (Å²) in [5.74, 6) is -0.133. The molecule has 0 amide bonds. The van der Waals surface area contributed by atoms with Crippen LogP contribution < -0.4 is 4.57 Å². The number of ketones is 1. The van der Waals surface area contributed by atoms with E-state index < -0.39 is 6.04 Å². The fourth-order valence-corrected chi connectivity index (χ4v) is 3.93. The molecular weight excluding hydrogens is 387 g/mol. The third-order valence-corrected chi connectivity index (χ3v) is 5.70. The molecule has 0 saturated heterocycles. The summed E-state index contributed by atoms with van der Waals surface area (Å²) in [7, 11) is 0. The zero-order chi connectivity index (χ0) is 18.7. The van der Waals surface area contributed by atoms with Crippen molar-refractivity contribution in [2.45, 2.75) is 38.6 Å². The SMILES string of the molecule is CCN=C([S-])C(C(=O)c1ccc(Cl)c(Cl)c1)[n+]1ccc2c(c1)CCCC2. The highest BCUT2D eigenvalue weighted by Gasteiger charge is 2.29. The first-order chi connectivity index (χ1) is 12.5. The Morgan fingerprint density at radius 3 is 2.62 bits per heavy atom. The lowest BCUT2D eigenvalue weighted by atomic mass is 9.93. The van der Waals surface area contributed by atoms with Crippen molar-refractivity contribution in [2.75, 3.05) is 6.54 Å². The third kappa shape index (κ3) is 4.08. The van der Waals surface area contributed by atoms with E-state index in [-0.39, 0.29) is 5.78 Å². The zero-order valence-electron chi connectivity index (χ0n) is 14.5. The molecule has 1 aliphatic rings. The second-order valence-electron chi connectivity index (χ2n) is 6.36. The monoisotopic (exact) mass is 406 g/mol. The van der Waals surface area contributed by atoms with Gasteiger partial charge in [-0.15, -0.1) is 0 Å². The van der Waals surface area contributed by atoms with Gasteiger partial charge >= 0.3 is 0 Å². The summed E-state index contributed by atoms with van der Waals surface area (Å²) in [6.45, 7) is 2.44. The van der Waals surface area contributed by atoms with Crippen molar-refractivity contribution in [1.82, 2.24) is 0 Å². The molecule has 0 fully saturated rings. The van der Waals surface area contributed by atoms with E-state index in [0.717, 1.165) is 12.8 Å². The van der Waals surface area contributed by atoms with Gasteiger partial charge in [-0.2, -0.15) is 4.57 Å². The molecule has 1 aromatic heterocycles. The van der Waals surface area contributed by atoms with E-state index >= 15 is 0 Å². The Morgan fingerprint density at radius 2 is 1.92 bits per heavy atom. The Labute approximate surface area is 169 Å². The average molecular weight is 407 g/mol. The molecule has 1 heterocycles. The fourth-order valence-electron chi connectivity index (χ4n) is 3.27. The lowest BCUT2D eigenvalue weighted by molar-refractivity contribution is -0.692. The topological polar surface area (TPSA) is 33.3 Å². The standard InChI is InChI=1S/C20H20Cl2N2OS/c1-2-23-20(26)18(19(25)14-7-8-16(21)17(22)11-14)24-10-9-13-5-3-4-6-15(13)12-24/h7-12,18H,2-6H2,1H3. The first-order valence-corrected chi connectivity index (χ1v) is 9.91. The molecule has 3 rings (SSSR count). The number of rotatable bonds is 5. The van der Waals surface area contributed by atoms with Gasteiger partial charge in [0.15, 0.2) is 12.4 Å². The highest BCUT2D eigenvalue weighted by atomic mass is 35.5. The van der Waals surface area contributed by atoms with Crippen molar-refractivity contribution in [3.8, 4) is 0 Å². The maximum Gasteiger partial charge on any atom is 0.237 e. The van der Waals surface area contributed by atoms with Gasteiger partial charge in [0.25, 0.3) is 0 Å². The molecule has 0 aliphatic heterocycles. The van der Waals surface area contributed by atoms with Gasteiger partial charge in [0.1, 0.15) is 0 Å². The number of aryl methyl sites for hydroxylation is 2. The van der Waals surface area contributed by atoms with Gasteiger partial charge in [-0.05, 0) is 61.4 Å². The van der Waals surface area contributed by atoms with Crippen molar-refractivity contribution in [3.05, 3.63) is 63.4 Å². The van der Waals surface area contributed by atoms with E-state index in [9.17, 15) is 4.79 Å². The van der Waals surface area contributed by atoms with Crippen LogP contribution in [0.1, 0.15) is 47.3 Å². The van der Waals surface area contributed by atoms with Crippen LogP contribution in [0.15, 0.2) is 41.7 Å². The van der Waals surface area contributed by atoms with Gasteiger partial charge in [-0.1, -0.05) is 23.2 Å². The Bertz CT molecular complexity index is 867. The van der Waals surface area contributed by atoms with Gasteiger partial charge in [0.05, 0.1) is 10.0 Å². The van der Waals surface area contributed by atoms with Crippen LogP contribution in [0.2, 0.25) is 10.0 Å². The van der Waals surface area contributed by atoms with E-state index in [1.165, 1.54) is 24.0 Å². The number of Topliss-reactive ketones (excluding diaryl/α,β-unsaturated/α-hetero) is 1. The van der Waals surface area contributed by atoms with Crippen LogP contribution in [0.4, 0.5) is 0 Å². The lowest BCUT2D eigenvalue weighted by Gasteiger charge is -2.21. The van der Waals surface area contributed by atoms with Crippen molar-refractivity contribution in [2.24, 2.45) is 4.99 Å². The molecular formula is C20H20Cl2N2OS. The molecule has 0 bridgehead atoms. The normalized spacial score (nSPS) is 15.4. The number of aromatic nitrogens is 1. The number of carbonyl (C=O) groups excluding carboxylic acids is 1. The van der Waals surface area contributed by atoms with Crippen molar-refractivity contribution in [1.29, 1.82) is 0 Å². The van der Waals surface area contributed by atoms with Crippen LogP contribution in [-0.2, 0) is 25.5 Å². The zero-order valence-corrected chi connectivity index (χ0v) is 16.9. The Balaban J connectivity index is 2.04. The van der Waals surface area contributed by atoms with E-state index in [2.05, 4.69) is 11.1 Å². The van der Waals surface area contributed by atoms with Crippen LogP contribution in [-0.4, -0.2) is 17.4 Å². The van der Waals surface area contributed by atoms with E-state index in [0.29, 0.717) is 27.2 Å². The number of halogens is 2. The number of carbonyl (C=O) groups is 1. The number of nitrogens with zero attached hydrogens (tertiary/aromatic N) is 2. The second-order valence-corrected chi connectivity index (χ2v) is 7.59. The van der Waals surface area contributed by atoms with Gasteiger partial charge in [-0.3, -0.25) is 4.79 Å². The molecule has 6 heteroatoms. The summed E-state index contributed by atoms with van der Waals surface area (Å²) >= 11 is 17.6. The molecule has 1 aromatic carbocycles. The maximum absolute atomic E-state index is 13.2. The van der Waals surface area contributed by atoms with Gasteiger partial charge in [0, 0.05) is 23.7 Å². The first-order valence-electron chi connectivity index (χ1n) is 8.74. The molecule has 136 valence electrons. The summed E-state index contributed by atoms with van der Waals surface area (Å²) in [5.41, 5.74) is 3.11. The summed E-state index contributed by atoms with van der Waals surface area (Å²) < 4.78 is 1.89. The number of hydrogen-bond donors (Lipinski definition) is 0. The molecule has 1 unspecified atom stereocenters. The van der Waals surface area contributed by atoms with Gasteiger partial charge in [-0.25, -0.2) is 0 Å². The lowest BCUT2D eigenvalue weighted by Crippen LogP contribution is -2.48. The van der Waals surface area contributed by atoms with Gasteiger partial charge in [0.2, 0.25) is 11.8 Å². The average Bonchev–Trinajstić information content (AvgIpc) is 2.64. The van der Waals surface area contributed by atoms with E-state index in [4.69, 9.17) is 35.8 Å². The largest absolute Gasteiger partial charge is 0.758 e. The number of hydrogen-bond acceptors (Lipinski definition) is 3. The van der Waals surface area contributed by atoms with Crippen molar-refractivity contribution < 1.29 is 9.36 Å². The minimum atomic E-state index is -0.658. The van der Waals surface area contributed by atoms with Gasteiger partial charge < -0.3 is 17.6 Å². The molecule has 2 aromatic rings. The van der Waals surface area contributed by atoms with E-state index in [1.54, 1.807) is 18.2 Å². The quantitative estimate of drug-likeness (QED) is 0.240. The molecule has 26 heavy (non-hydrogen) atoms. The Morgan fingerprint density at radius 1 is 1.19 bits per heavy atom. The number of pyridine rings is 1. The van der Waals surface area contributed by atoms with Crippen molar-refractivity contribution in [3.63, 3.8) is 0 Å². The predicted octanol–water partition coefficient (Wildman–Crippen LogP) is 4.55. The smallest absolute Gasteiger partial charge is 0.237 e. The first kappa shape index (κ1) is 19.3. The predicted molar refractivity (Wildman–Crippen MR) is 108 cm³/mol. The number of aliphatic imine (C=N–C) groups is 1. The minimum Gasteiger partial charge on any atom is -0.758 e. The second kappa shape index (κ2) is 8.47. The number of fused-ring (bicyclic) bond motifs is 1. The molecule has 3 nitrogen and oxygen atoms in total. The molecule has 0 saturated carbocycles. The minimum absolute atomic E-state index is 0.133. The maximum atomic E-state index is 13.2. The molecule has 0 radical (unpaired) electrons.